The van der Waals surface area contributed by atoms with Gasteiger partial charge in [-0.3, -0.25) is 0 Å². The highest BCUT2D eigenvalue weighted by atomic mass is 79.9. The van der Waals surface area contributed by atoms with Gasteiger partial charge in [-0.05, 0) is 45.6 Å². The van der Waals surface area contributed by atoms with E-state index in [4.69, 9.17) is 0 Å². The smallest absolute Gasteiger partial charge is 0.0504 e. The quantitative estimate of drug-likeness (QED) is 0.232. The van der Waals surface area contributed by atoms with Crippen molar-refractivity contribution in [3.05, 3.63) is 71.2 Å². The highest BCUT2D eigenvalue weighted by Gasteiger charge is 2.16. The Hall–Kier alpha value is -1.94. The molecule has 6 aromatic rings. The third-order valence-corrected chi connectivity index (χ3v) is 8.15. The van der Waals surface area contributed by atoms with Gasteiger partial charge in [0.05, 0.1) is 4.70 Å². The Balaban J connectivity index is 2.04. The Morgan fingerprint density at radius 2 is 1.28 bits per heavy atom. The van der Waals surface area contributed by atoms with Crippen LogP contribution in [-0.2, 0) is 0 Å². The lowest BCUT2D eigenvalue weighted by atomic mass is 9.99. The van der Waals surface area contributed by atoms with Crippen LogP contribution in [0.25, 0.3) is 51.1 Å². The molecule has 4 aromatic carbocycles. The Morgan fingerprint density at radius 3 is 2.08 bits per heavy atom. The maximum Gasteiger partial charge on any atom is 0.0504 e. The summed E-state index contributed by atoms with van der Waals surface area (Å²) in [6.45, 7) is 0. The van der Waals surface area contributed by atoms with E-state index in [1.54, 1.807) is 0 Å². The first-order valence-electron chi connectivity index (χ1n) is 8.15. The van der Waals surface area contributed by atoms with Crippen LogP contribution in [-0.4, -0.2) is 0 Å². The third-order valence-electron chi connectivity index (χ3n) is 4.92. The molecule has 0 aliphatic carbocycles. The SMILES string of the molecule is Brc1cc2ccc3sc4ccccc4c3c2c2c1sc1ccccc12. The number of benzene rings is 4. The Labute approximate surface area is 160 Å². The van der Waals surface area contributed by atoms with Crippen molar-refractivity contribution in [1.29, 1.82) is 0 Å². The number of hydrogen-bond acceptors (Lipinski definition) is 2. The van der Waals surface area contributed by atoms with Gasteiger partial charge in [-0.15, -0.1) is 22.7 Å². The highest BCUT2D eigenvalue weighted by Crippen LogP contribution is 2.47. The highest BCUT2D eigenvalue weighted by molar-refractivity contribution is 9.10. The average Bonchev–Trinajstić information content (AvgIpc) is 3.20. The minimum absolute atomic E-state index is 1.19. The molecule has 0 spiro atoms. The van der Waals surface area contributed by atoms with E-state index < -0.39 is 0 Å². The minimum atomic E-state index is 1.19. The molecule has 0 nitrogen and oxygen atoms in total. The second-order valence-corrected chi connectivity index (χ2v) is 9.29. The predicted molar refractivity (Wildman–Crippen MR) is 117 cm³/mol. The molecule has 0 amide bonds. The second-order valence-electron chi connectivity index (χ2n) is 6.30. The summed E-state index contributed by atoms with van der Waals surface area (Å²) in [6.07, 6.45) is 0. The molecule has 0 N–H and O–H groups in total. The summed E-state index contributed by atoms with van der Waals surface area (Å²) in [5, 5.41) is 8.21. The lowest BCUT2D eigenvalue weighted by Gasteiger charge is -2.06. The van der Waals surface area contributed by atoms with Crippen LogP contribution in [0, 0.1) is 0 Å². The number of rotatable bonds is 0. The van der Waals surface area contributed by atoms with Crippen LogP contribution in [0.3, 0.4) is 0 Å². The van der Waals surface area contributed by atoms with Crippen molar-refractivity contribution in [1.82, 2.24) is 0 Å². The fourth-order valence-corrected chi connectivity index (χ4v) is 6.80. The van der Waals surface area contributed by atoms with E-state index in [0.29, 0.717) is 0 Å². The zero-order chi connectivity index (χ0) is 16.5. The molecule has 0 atom stereocenters. The molecule has 0 unspecified atom stereocenters. The standard InChI is InChI=1S/C22H11BrS2/c23-15-11-12-9-10-18-20(13-5-1-3-7-16(13)24-18)19(12)21-14-6-2-4-8-17(14)25-22(15)21/h1-11H. The number of fused-ring (bicyclic) bond motifs is 9. The van der Waals surface area contributed by atoms with Gasteiger partial charge in [-0.1, -0.05) is 42.5 Å². The molecule has 0 fully saturated rings. The van der Waals surface area contributed by atoms with Gasteiger partial charge < -0.3 is 0 Å². The molecular weight excluding hydrogens is 408 g/mol. The molecule has 0 radical (unpaired) electrons. The minimum Gasteiger partial charge on any atom is -0.135 e. The number of thiophene rings is 2. The first-order valence-corrected chi connectivity index (χ1v) is 10.6. The van der Waals surface area contributed by atoms with E-state index in [1.807, 2.05) is 22.7 Å². The van der Waals surface area contributed by atoms with Crippen molar-refractivity contribution in [2.45, 2.75) is 0 Å². The van der Waals surface area contributed by atoms with E-state index in [9.17, 15) is 0 Å². The third kappa shape index (κ3) is 1.86. The van der Waals surface area contributed by atoms with E-state index in [1.165, 1.54) is 55.6 Å². The summed E-state index contributed by atoms with van der Waals surface area (Å²) in [4.78, 5) is 0. The largest absolute Gasteiger partial charge is 0.135 e. The second kappa shape index (κ2) is 5.04. The zero-order valence-electron chi connectivity index (χ0n) is 13.0. The van der Waals surface area contributed by atoms with Crippen molar-refractivity contribution in [3.63, 3.8) is 0 Å². The van der Waals surface area contributed by atoms with Crippen LogP contribution in [0.5, 0.6) is 0 Å². The van der Waals surface area contributed by atoms with Crippen LogP contribution in [0.2, 0.25) is 0 Å². The molecule has 0 aliphatic heterocycles. The Kier molecular flexibility index (Phi) is 2.87. The molecule has 0 aliphatic rings. The van der Waals surface area contributed by atoms with Gasteiger partial charge in [0.15, 0.2) is 0 Å². The van der Waals surface area contributed by atoms with Gasteiger partial charge in [-0.25, -0.2) is 0 Å². The normalized spacial score (nSPS) is 12.2. The van der Waals surface area contributed by atoms with Crippen LogP contribution in [0.15, 0.2) is 71.2 Å². The molecule has 0 saturated carbocycles. The monoisotopic (exact) mass is 418 g/mol. The first kappa shape index (κ1) is 14.3. The maximum atomic E-state index is 3.81. The summed E-state index contributed by atoms with van der Waals surface area (Å²) in [5.74, 6) is 0. The fourth-order valence-electron chi connectivity index (χ4n) is 3.89. The van der Waals surface area contributed by atoms with Crippen molar-refractivity contribution in [2.24, 2.45) is 0 Å². The van der Waals surface area contributed by atoms with Gasteiger partial charge >= 0.3 is 0 Å². The Morgan fingerprint density at radius 1 is 0.600 bits per heavy atom. The van der Waals surface area contributed by atoms with Crippen LogP contribution >= 0.6 is 38.6 Å². The van der Waals surface area contributed by atoms with E-state index >= 15 is 0 Å². The van der Waals surface area contributed by atoms with Gasteiger partial charge in [0.1, 0.15) is 0 Å². The topological polar surface area (TPSA) is 0 Å². The average molecular weight is 419 g/mol. The van der Waals surface area contributed by atoms with E-state index in [2.05, 4.69) is 82.7 Å². The summed E-state index contributed by atoms with van der Waals surface area (Å²) >= 11 is 7.58. The van der Waals surface area contributed by atoms with Gasteiger partial charge in [-0.2, -0.15) is 0 Å². The molecule has 6 rings (SSSR count). The lowest BCUT2D eigenvalue weighted by Crippen LogP contribution is -1.78. The van der Waals surface area contributed by atoms with Gasteiger partial charge in [0.25, 0.3) is 0 Å². The summed E-state index contributed by atoms with van der Waals surface area (Å²) < 4.78 is 6.61. The van der Waals surface area contributed by atoms with E-state index in [0.717, 1.165) is 0 Å². The van der Waals surface area contributed by atoms with Crippen molar-refractivity contribution in [2.75, 3.05) is 0 Å². The first-order chi connectivity index (χ1) is 12.3. The molecule has 0 bridgehead atoms. The molecule has 2 heterocycles. The van der Waals surface area contributed by atoms with Crippen LogP contribution in [0.4, 0.5) is 0 Å². The maximum absolute atomic E-state index is 3.81. The van der Waals surface area contributed by atoms with Crippen molar-refractivity contribution >= 4 is 89.7 Å². The lowest BCUT2D eigenvalue weighted by molar-refractivity contribution is 1.85. The molecule has 25 heavy (non-hydrogen) atoms. The van der Waals surface area contributed by atoms with Gasteiger partial charge in [0, 0.05) is 45.5 Å². The van der Waals surface area contributed by atoms with Crippen molar-refractivity contribution < 1.29 is 0 Å². The Bertz CT molecular complexity index is 1450. The van der Waals surface area contributed by atoms with Crippen molar-refractivity contribution in [3.8, 4) is 0 Å². The van der Waals surface area contributed by atoms with Crippen LogP contribution < -0.4 is 0 Å². The molecule has 2 aromatic heterocycles. The van der Waals surface area contributed by atoms with Crippen LogP contribution in [0.1, 0.15) is 0 Å². The molecule has 3 heteroatoms. The fraction of sp³-hybridized carbons (Fsp3) is 0. The summed E-state index contributed by atoms with van der Waals surface area (Å²) in [7, 11) is 0. The zero-order valence-corrected chi connectivity index (χ0v) is 16.3. The van der Waals surface area contributed by atoms with Gasteiger partial charge in [0.2, 0.25) is 0 Å². The number of halogens is 1. The number of hydrogen-bond donors (Lipinski definition) is 0. The molecule has 118 valence electrons. The molecule has 0 saturated heterocycles. The predicted octanol–water partition coefficient (Wildman–Crippen LogP) is 8.34. The molecular formula is C22H11BrS2. The summed E-state index contributed by atoms with van der Waals surface area (Å²) in [6, 6.07) is 24.3. The van der Waals surface area contributed by atoms with E-state index in [-0.39, 0.29) is 0 Å². The summed E-state index contributed by atoms with van der Waals surface area (Å²) in [5.41, 5.74) is 0.